The molecule has 0 aliphatic heterocycles. The summed E-state index contributed by atoms with van der Waals surface area (Å²) in [5.74, 6) is 0. The Bertz CT molecular complexity index is 238. The molecular formula is C20H47NSi2. The summed E-state index contributed by atoms with van der Waals surface area (Å²) in [5, 5.41) is 0. The third-order valence-electron chi connectivity index (χ3n) is 4.99. The summed E-state index contributed by atoms with van der Waals surface area (Å²) < 4.78 is 4.21. The molecule has 0 spiro atoms. The monoisotopic (exact) mass is 357 g/mol. The van der Waals surface area contributed by atoms with E-state index < -0.39 is 16.5 Å². The smallest absolute Gasteiger partial charge is 0.112 e. The van der Waals surface area contributed by atoms with Gasteiger partial charge in [0, 0.05) is 0 Å². The van der Waals surface area contributed by atoms with Crippen LogP contribution in [-0.4, -0.2) is 16.5 Å². The number of hydrogen-bond donors (Lipinski definition) is 1. The zero-order valence-electron chi connectivity index (χ0n) is 17.4. The number of unbranched alkanes of at least 4 members (excludes halogenated alkanes) is 10. The van der Waals surface area contributed by atoms with Crippen molar-refractivity contribution in [3.63, 3.8) is 0 Å². The van der Waals surface area contributed by atoms with Gasteiger partial charge < -0.3 is 4.65 Å². The van der Waals surface area contributed by atoms with Crippen molar-refractivity contribution in [3.8, 4) is 0 Å². The lowest BCUT2D eigenvalue weighted by Gasteiger charge is -2.35. The van der Waals surface area contributed by atoms with E-state index in [1.807, 2.05) is 0 Å². The summed E-state index contributed by atoms with van der Waals surface area (Å²) >= 11 is 0. The Morgan fingerprint density at radius 3 is 1.13 bits per heavy atom. The highest BCUT2D eigenvalue weighted by atomic mass is 28.4. The molecule has 0 aliphatic rings. The van der Waals surface area contributed by atoms with Gasteiger partial charge in [-0.25, -0.2) is 0 Å². The van der Waals surface area contributed by atoms with Crippen LogP contribution in [0.2, 0.25) is 38.3 Å². The Morgan fingerprint density at radius 1 is 0.478 bits per heavy atom. The molecule has 0 aliphatic carbocycles. The summed E-state index contributed by atoms with van der Waals surface area (Å²) in [6.45, 7) is 14.9. The molecule has 0 rings (SSSR count). The quantitative estimate of drug-likeness (QED) is 0.220. The molecule has 0 bridgehead atoms. The summed E-state index contributed by atoms with van der Waals surface area (Å²) in [5.41, 5.74) is 0. The molecule has 0 atom stereocenters. The summed E-state index contributed by atoms with van der Waals surface area (Å²) in [6, 6.07) is 2.96. The minimum Gasteiger partial charge on any atom is -0.359 e. The van der Waals surface area contributed by atoms with Crippen LogP contribution in [0.1, 0.15) is 90.9 Å². The zero-order chi connectivity index (χ0) is 17.6. The number of rotatable bonds is 16. The lowest BCUT2D eigenvalue weighted by molar-refractivity contribution is 0.620. The fourth-order valence-corrected chi connectivity index (χ4v) is 14.3. The predicted molar refractivity (Wildman–Crippen MR) is 114 cm³/mol. The van der Waals surface area contributed by atoms with Crippen molar-refractivity contribution in [3.05, 3.63) is 0 Å². The molecule has 0 saturated heterocycles. The summed E-state index contributed by atoms with van der Waals surface area (Å²) in [7, 11) is -2.35. The third kappa shape index (κ3) is 15.7. The van der Waals surface area contributed by atoms with Gasteiger partial charge in [0.05, 0.1) is 0 Å². The van der Waals surface area contributed by atoms with Crippen LogP contribution >= 0.6 is 0 Å². The Labute approximate surface area is 150 Å². The second-order valence-corrected chi connectivity index (χ2v) is 18.5. The maximum atomic E-state index is 4.21. The molecular weight excluding hydrogens is 310 g/mol. The number of nitrogens with one attached hydrogen (secondary N) is 1. The first-order valence-corrected chi connectivity index (χ1v) is 17.0. The molecule has 0 aromatic rings. The van der Waals surface area contributed by atoms with Gasteiger partial charge in [0.25, 0.3) is 0 Å². The lowest BCUT2D eigenvalue weighted by Crippen LogP contribution is -2.58. The molecule has 0 fully saturated rings. The Morgan fingerprint density at radius 2 is 0.783 bits per heavy atom. The maximum Gasteiger partial charge on any atom is 0.112 e. The van der Waals surface area contributed by atoms with Crippen LogP contribution in [-0.2, 0) is 0 Å². The van der Waals surface area contributed by atoms with E-state index >= 15 is 0 Å². The van der Waals surface area contributed by atoms with Crippen molar-refractivity contribution < 1.29 is 0 Å². The highest BCUT2D eigenvalue weighted by Gasteiger charge is 2.30. The summed E-state index contributed by atoms with van der Waals surface area (Å²) in [4.78, 5) is 0. The Hall–Kier alpha value is 0.394. The van der Waals surface area contributed by atoms with Gasteiger partial charge in [0.1, 0.15) is 16.5 Å². The van der Waals surface area contributed by atoms with E-state index in [0.717, 1.165) is 0 Å². The largest absolute Gasteiger partial charge is 0.359 e. The molecule has 1 nitrogen and oxygen atoms in total. The van der Waals surface area contributed by atoms with Gasteiger partial charge in [-0.1, -0.05) is 117 Å². The first kappa shape index (κ1) is 23.4. The van der Waals surface area contributed by atoms with Gasteiger partial charge >= 0.3 is 0 Å². The lowest BCUT2D eigenvalue weighted by atomic mass is 10.1. The molecule has 0 aromatic heterocycles. The molecule has 1 N–H and O–H groups in total. The van der Waals surface area contributed by atoms with Gasteiger partial charge in [-0.05, 0) is 12.1 Å². The second-order valence-electron chi connectivity index (χ2n) is 8.93. The molecule has 0 unspecified atom stereocenters. The van der Waals surface area contributed by atoms with E-state index in [0.29, 0.717) is 0 Å². The molecule has 0 heterocycles. The van der Waals surface area contributed by atoms with E-state index in [-0.39, 0.29) is 0 Å². The molecule has 0 radical (unpaired) electrons. The maximum absolute atomic E-state index is 4.21. The fourth-order valence-electron chi connectivity index (χ4n) is 3.74. The average Bonchev–Trinajstić information content (AvgIpc) is 2.45. The predicted octanol–water partition coefficient (Wildman–Crippen LogP) is 7.71. The molecule has 140 valence electrons. The van der Waals surface area contributed by atoms with Crippen LogP contribution in [0, 0.1) is 0 Å². The van der Waals surface area contributed by atoms with E-state index in [1.54, 1.807) is 0 Å². The van der Waals surface area contributed by atoms with Gasteiger partial charge in [0.15, 0.2) is 0 Å². The van der Waals surface area contributed by atoms with Crippen LogP contribution in [0.5, 0.6) is 0 Å². The van der Waals surface area contributed by atoms with Crippen molar-refractivity contribution >= 4 is 16.5 Å². The minimum atomic E-state index is -1.18. The van der Waals surface area contributed by atoms with Crippen LogP contribution in [0.15, 0.2) is 0 Å². The van der Waals surface area contributed by atoms with Crippen LogP contribution in [0.3, 0.4) is 0 Å². The standard InChI is InChI=1S/C20H47NSi2/c1-7-9-11-13-15-17-19-22(3,4)21-23(5,6)20-18-16-14-12-10-8-2/h21H,7-20H2,1-6H3. The van der Waals surface area contributed by atoms with Gasteiger partial charge in [-0.3, -0.25) is 0 Å². The summed E-state index contributed by atoms with van der Waals surface area (Å²) in [6.07, 6.45) is 17.2. The van der Waals surface area contributed by atoms with Crippen LogP contribution < -0.4 is 4.65 Å². The van der Waals surface area contributed by atoms with Gasteiger partial charge in [-0.2, -0.15) is 0 Å². The van der Waals surface area contributed by atoms with Crippen LogP contribution in [0.4, 0.5) is 0 Å². The van der Waals surface area contributed by atoms with Crippen molar-refractivity contribution in [1.82, 2.24) is 4.65 Å². The zero-order valence-corrected chi connectivity index (χ0v) is 19.4. The molecule has 0 saturated carbocycles. The molecule has 23 heavy (non-hydrogen) atoms. The van der Waals surface area contributed by atoms with Crippen LogP contribution in [0.25, 0.3) is 0 Å². The third-order valence-corrected chi connectivity index (χ3v) is 13.6. The van der Waals surface area contributed by atoms with E-state index in [9.17, 15) is 0 Å². The normalized spacial score (nSPS) is 12.8. The molecule has 0 aromatic carbocycles. The Kier molecular flexibility index (Phi) is 13.9. The topological polar surface area (TPSA) is 12.0 Å². The van der Waals surface area contributed by atoms with E-state index in [2.05, 4.69) is 44.7 Å². The number of hydrogen-bond acceptors (Lipinski definition) is 1. The average molecular weight is 358 g/mol. The fraction of sp³-hybridized carbons (Fsp3) is 1.00. The van der Waals surface area contributed by atoms with Crippen molar-refractivity contribution in [2.45, 2.75) is 129 Å². The second kappa shape index (κ2) is 13.7. The first-order valence-electron chi connectivity index (χ1n) is 10.6. The minimum absolute atomic E-state index is 1.18. The molecule has 0 amide bonds. The Balaban J connectivity index is 3.82. The highest BCUT2D eigenvalue weighted by Crippen LogP contribution is 2.20. The van der Waals surface area contributed by atoms with Crippen molar-refractivity contribution in [2.75, 3.05) is 0 Å². The van der Waals surface area contributed by atoms with Crippen molar-refractivity contribution in [2.24, 2.45) is 0 Å². The molecule has 3 heteroatoms. The highest BCUT2D eigenvalue weighted by molar-refractivity contribution is 6.91. The van der Waals surface area contributed by atoms with Crippen molar-refractivity contribution in [1.29, 1.82) is 0 Å². The van der Waals surface area contributed by atoms with Gasteiger partial charge in [0.2, 0.25) is 0 Å². The van der Waals surface area contributed by atoms with Gasteiger partial charge in [-0.15, -0.1) is 0 Å². The SMILES string of the molecule is CCCCCCCC[Si](C)(C)N[Si](C)(C)CCCCCCCC. The first-order chi connectivity index (χ1) is 10.8. The van der Waals surface area contributed by atoms with E-state index in [4.69, 9.17) is 0 Å². The van der Waals surface area contributed by atoms with E-state index in [1.165, 1.54) is 89.1 Å².